The predicted molar refractivity (Wildman–Crippen MR) is 273 cm³/mol. The van der Waals surface area contributed by atoms with E-state index in [1.54, 1.807) is 29.7 Å². The third-order valence-electron chi connectivity index (χ3n) is 13.8. The molecule has 362 valence electrons. The molecular formula is C52H60ClN9O5S2. The van der Waals surface area contributed by atoms with E-state index in [1.165, 1.54) is 11.3 Å². The Balaban J connectivity index is 0.801. The molecule has 9 rings (SSSR count). The maximum Gasteiger partial charge on any atom is 0.246 e. The van der Waals surface area contributed by atoms with Crippen LogP contribution in [0.25, 0.3) is 27.0 Å². The van der Waals surface area contributed by atoms with E-state index in [4.69, 9.17) is 31.1 Å². The quantitative estimate of drug-likeness (QED) is 0.0757. The second kappa shape index (κ2) is 21.6. The highest BCUT2D eigenvalue weighted by Gasteiger charge is 2.40. The van der Waals surface area contributed by atoms with Crippen molar-refractivity contribution in [3.8, 4) is 22.0 Å². The molecule has 3 aromatic carbocycles. The van der Waals surface area contributed by atoms with Gasteiger partial charge in [0.15, 0.2) is 5.82 Å². The molecule has 3 N–H and O–H groups in total. The number of aliphatic imine (C=N–C) groups is 1. The highest BCUT2D eigenvalue weighted by atomic mass is 35.5. The Bertz CT molecular complexity index is 2850. The molecular weight excluding hydrogens is 930 g/mol. The van der Waals surface area contributed by atoms with Gasteiger partial charge in [0.25, 0.3) is 0 Å². The number of fused-ring (bicyclic) bond motifs is 4. The van der Waals surface area contributed by atoms with Crippen molar-refractivity contribution in [3.05, 3.63) is 109 Å². The van der Waals surface area contributed by atoms with Gasteiger partial charge in [-0.05, 0) is 102 Å². The minimum absolute atomic E-state index is 0.00784. The molecule has 4 atom stereocenters. The van der Waals surface area contributed by atoms with Crippen molar-refractivity contribution in [3.63, 3.8) is 0 Å². The zero-order valence-electron chi connectivity index (χ0n) is 39.8. The van der Waals surface area contributed by atoms with Crippen molar-refractivity contribution < 1.29 is 23.9 Å². The maximum atomic E-state index is 14.4. The SMILES string of the molecule is CN[C@@H](C)C(=O)N[C@H](C(=O)N1CCC[C@H]1c1nc(-c2ccc(OCCOCCNC(=O)C[C@@H]3N=C(c4ccc(Cl)cc4)c4c(sc(C)c4C)-n4c(C)nnc43)c3ccccc23)cs1)C1CCCCC1. The largest absolute Gasteiger partial charge is 0.491 e. The number of thiazole rings is 1. The van der Waals surface area contributed by atoms with Gasteiger partial charge >= 0.3 is 0 Å². The molecule has 3 amide bonds. The average molecular weight is 991 g/mol. The van der Waals surface area contributed by atoms with E-state index in [0.717, 1.165) is 105 Å². The van der Waals surface area contributed by atoms with Crippen LogP contribution in [0.2, 0.25) is 5.02 Å². The summed E-state index contributed by atoms with van der Waals surface area (Å²) in [7, 11) is 1.76. The second-order valence-electron chi connectivity index (χ2n) is 18.2. The number of thiophene rings is 1. The van der Waals surface area contributed by atoms with Crippen molar-refractivity contribution in [2.24, 2.45) is 10.9 Å². The third kappa shape index (κ3) is 10.4. The Morgan fingerprint density at radius 1 is 0.913 bits per heavy atom. The minimum Gasteiger partial charge on any atom is -0.491 e. The van der Waals surface area contributed by atoms with Crippen LogP contribution in [0.3, 0.4) is 0 Å². The number of nitrogens with one attached hydrogen (secondary N) is 3. The van der Waals surface area contributed by atoms with Crippen molar-refractivity contribution in [1.29, 1.82) is 0 Å². The molecule has 1 saturated carbocycles. The van der Waals surface area contributed by atoms with Gasteiger partial charge in [-0.1, -0.05) is 67.3 Å². The van der Waals surface area contributed by atoms with Crippen LogP contribution in [0.1, 0.15) is 109 Å². The number of carbonyl (C=O) groups is 3. The molecule has 0 spiro atoms. The molecule has 2 aliphatic heterocycles. The van der Waals surface area contributed by atoms with Crippen molar-refractivity contribution in [2.45, 2.75) is 103 Å². The van der Waals surface area contributed by atoms with Gasteiger partial charge < -0.3 is 30.3 Å². The molecule has 3 aromatic heterocycles. The first-order chi connectivity index (χ1) is 33.5. The van der Waals surface area contributed by atoms with Crippen LogP contribution in [0.15, 0.2) is 71.0 Å². The van der Waals surface area contributed by atoms with Gasteiger partial charge in [0.2, 0.25) is 17.7 Å². The number of aryl methyl sites for hydroxylation is 2. The average Bonchev–Trinajstić information content (AvgIpc) is 4.17. The molecule has 2 fully saturated rings. The van der Waals surface area contributed by atoms with Gasteiger partial charge in [-0.25, -0.2) is 4.98 Å². The number of ether oxygens (including phenoxy) is 2. The number of likely N-dealkylation sites (N-methyl/N-ethyl adjacent to an activating group) is 1. The zero-order valence-corrected chi connectivity index (χ0v) is 42.2. The van der Waals surface area contributed by atoms with Gasteiger partial charge in [-0.2, -0.15) is 0 Å². The van der Waals surface area contributed by atoms with Gasteiger partial charge in [0.05, 0.1) is 43.1 Å². The lowest BCUT2D eigenvalue weighted by molar-refractivity contribution is -0.139. The van der Waals surface area contributed by atoms with Gasteiger partial charge in [-0.3, -0.25) is 23.9 Å². The topological polar surface area (TPSA) is 165 Å². The van der Waals surface area contributed by atoms with Crippen molar-refractivity contribution in [2.75, 3.05) is 40.0 Å². The normalized spacial score (nSPS) is 18.0. The number of amides is 3. The fourth-order valence-corrected chi connectivity index (χ4v) is 12.2. The van der Waals surface area contributed by atoms with Crippen LogP contribution in [0, 0.1) is 26.7 Å². The third-order valence-corrected chi connectivity index (χ3v) is 16.2. The number of benzene rings is 3. The fraction of sp³-hybridized carbons (Fsp3) is 0.442. The summed E-state index contributed by atoms with van der Waals surface area (Å²) in [5.41, 5.74) is 5.72. The van der Waals surface area contributed by atoms with E-state index in [0.29, 0.717) is 43.8 Å². The Morgan fingerprint density at radius 2 is 1.70 bits per heavy atom. The summed E-state index contributed by atoms with van der Waals surface area (Å²) in [6.45, 7) is 9.89. The van der Waals surface area contributed by atoms with Crippen LogP contribution in [0.5, 0.6) is 5.75 Å². The number of carbonyl (C=O) groups excluding carboxylic acids is 3. The lowest BCUT2D eigenvalue weighted by Gasteiger charge is -2.35. The molecule has 0 unspecified atom stereocenters. The Morgan fingerprint density at radius 3 is 2.48 bits per heavy atom. The number of likely N-dealkylation sites (tertiary alicyclic amines) is 1. The van der Waals surface area contributed by atoms with Crippen molar-refractivity contribution in [1.82, 2.24) is 40.6 Å². The molecule has 17 heteroatoms. The van der Waals surface area contributed by atoms with Crippen molar-refractivity contribution >= 4 is 68.5 Å². The molecule has 3 aliphatic rings. The van der Waals surface area contributed by atoms with E-state index in [1.807, 2.05) is 77.9 Å². The van der Waals surface area contributed by atoms with E-state index in [-0.39, 0.29) is 42.1 Å². The molecule has 1 saturated heterocycles. The monoisotopic (exact) mass is 989 g/mol. The molecule has 0 bridgehead atoms. The summed E-state index contributed by atoms with van der Waals surface area (Å²) in [4.78, 5) is 54.5. The summed E-state index contributed by atoms with van der Waals surface area (Å²) < 4.78 is 14.2. The van der Waals surface area contributed by atoms with Crippen LogP contribution in [-0.4, -0.2) is 100 Å². The molecule has 14 nitrogen and oxygen atoms in total. The second-order valence-corrected chi connectivity index (χ2v) is 20.8. The Hall–Kier alpha value is -5.52. The summed E-state index contributed by atoms with van der Waals surface area (Å²) in [6, 6.07) is 18.2. The highest BCUT2D eigenvalue weighted by molar-refractivity contribution is 7.15. The summed E-state index contributed by atoms with van der Waals surface area (Å²) in [5, 5.41) is 24.7. The van der Waals surface area contributed by atoms with Gasteiger partial charge in [-0.15, -0.1) is 32.9 Å². The molecule has 5 heterocycles. The van der Waals surface area contributed by atoms with E-state index in [2.05, 4.69) is 51.4 Å². The smallest absolute Gasteiger partial charge is 0.246 e. The van der Waals surface area contributed by atoms with Gasteiger partial charge in [0.1, 0.15) is 40.3 Å². The summed E-state index contributed by atoms with van der Waals surface area (Å²) in [6.07, 6.45) is 7.03. The van der Waals surface area contributed by atoms with Crippen LogP contribution >= 0.6 is 34.3 Å². The molecule has 0 radical (unpaired) electrons. The standard InChI is InChI=1S/C52H60ClN9O5S2/c1-30-32(3)69-52-45(30)46(35-17-19-36(53)20-18-35)56-40(48-60-59-33(4)62(48)52)28-44(63)55-23-25-66-26-27-67-43-22-21-38(37-14-9-10-15-39(37)43)41-29-68-50(57-41)42-16-11-24-61(42)51(65)47(34-12-7-6-8-13-34)58-49(64)31(2)54-5/h9-10,14-15,17-22,29,31,34,40,42,47,54H,6-8,11-13,16,23-28H2,1-5H3,(H,55,63)(H,58,64)/t31-,40-,42-,47-/m0/s1. The number of nitrogens with zero attached hydrogens (tertiary/aromatic N) is 6. The first kappa shape index (κ1) is 48.5. The predicted octanol–water partition coefficient (Wildman–Crippen LogP) is 9.01. The maximum absolute atomic E-state index is 14.4. The summed E-state index contributed by atoms with van der Waals surface area (Å²) >= 11 is 9.53. The number of aromatic nitrogens is 4. The fourth-order valence-electron chi connectivity index (χ4n) is 9.86. The van der Waals surface area contributed by atoms with Gasteiger partial charge in [0, 0.05) is 50.4 Å². The number of halogens is 1. The van der Waals surface area contributed by atoms with E-state index < -0.39 is 12.1 Å². The Labute approximate surface area is 416 Å². The summed E-state index contributed by atoms with van der Waals surface area (Å²) in [5.74, 6) is 1.94. The number of rotatable bonds is 17. The first-order valence-corrected chi connectivity index (χ1v) is 26.2. The lowest BCUT2D eigenvalue weighted by atomic mass is 9.83. The lowest BCUT2D eigenvalue weighted by Crippen LogP contribution is -2.55. The van der Waals surface area contributed by atoms with Crippen LogP contribution in [0.4, 0.5) is 0 Å². The van der Waals surface area contributed by atoms with Crippen LogP contribution in [-0.2, 0) is 19.1 Å². The molecule has 6 aromatic rings. The van der Waals surface area contributed by atoms with E-state index >= 15 is 0 Å². The molecule has 69 heavy (non-hydrogen) atoms. The number of hydrogen-bond donors (Lipinski definition) is 3. The van der Waals surface area contributed by atoms with E-state index in [9.17, 15) is 14.4 Å². The van der Waals surface area contributed by atoms with Crippen LogP contribution < -0.4 is 20.7 Å². The first-order valence-electron chi connectivity index (χ1n) is 24.1. The number of hydrogen-bond acceptors (Lipinski definition) is 12. The zero-order chi connectivity index (χ0) is 48.2. The molecule has 1 aliphatic carbocycles. The minimum atomic E-state index is -0.560. The Kier molecular flexibility index (Phi) is 15.2. The highest BCUT2D eigenvalue weighted by Crippen LogP contribution is 2.42.